The number of nitrogens with zero attached hydrogens (tertiary/aromatic N) is 2. The van der Waals surface area contributed by atoms with E-state index in [4.69, 9.17) is 9.47 Å². The Labute approximate surface area is 171 Å². The molecule has 0 saturated heterocycles. The van der Waals surface area contributed by atoms with Crippen molar-refractivity contribution >= 4 is 11.9 Å². The van der Waals surface area contributed by atoms with Gasteiger partial charge in [-0.3, -0.25) is 4.79 Å². The number of benzene rings is 1. The Bertz CT molecular complexity index is 796. The molecule has 29 heavy (non-hydrogen) atoms. The third-order valence-electron chi connectivity index (χ3n) is 5.00. The molecule has 156 valence electrons. The van der Waals surface area contributed by atoms with Gasteiger partial charge in [-0.1, -0.05) is 50.3 Å². The van der Waals surface area contributed by atoms with E-state index in [-0.39, 0.29) is 36.6 Å². The molecule has 1 amide bonds. The Morgan fingerprint density at radius 1 is 1.10 bits per heavy atom. The van der Waals surface area contributed by atoms with E-state index in [1.54, 1.807) is 17.8 Å². The molecular weight excluding hydrogens is 370 g/mol. The van der Waals surface area contributed by atoms with E-state index >= 15 is 0 Å². The lowest BCUT2D eigenvalue weighted by atomic mass is 9.97. The Balaban J connectivity index is 1.66. The number of nitrogens with one attached hydrogen (secondary N) is 1. The average Bonchev–Trinajstić information content (AvgIpc) is 3.14. The van der Waals surface area contributed by atoms with Gasteiger partial charge in [-0.25, -0.2) is 9.48 Å². The topological polar surface area (TPSA) is 82.4 Å². The van der Waals surface area contributed by atoms with Gasteiger partial charge in [0.15, 0.2) is 12.4 Å². The zero-order valence-electron chi connectivity index (χ0n) is 16.9. The van der Waals surface area contributed by atoms with Crippen molar-refractivity contribution in [3.05, 3.63) is 42.2 Å². The van der Waals surface area contributed by atoms with E-state index in [1.807, 2.05) is 30.3 Å². The van der Waals surface area contributed by atoms with Crippen LogP contribution in [0.4, 0.5) is 0 Å². The molecule has 0 bridgehead atoms. The Kier molecular flexibility index (Phi) is 7.67. The zero-order valence-corrected chi connectivity index (χ0v) is 16.9. The fraction of sp³-hybridized carbons (Fsp3) is 0.500. The fourth-order valence-electron chi connectivity index (χ4n) is 3.53. The predicted molar refractivity (Wildman–Crippen MR) is 109 cm³/mol. The summed E-state index contributed by atoms with van der Waals surface area (Å²) in [5, 5.41) is 7.36. The van der Waals surface area contributed by atoms with E-state index < -0.39 is 5.97 Å². The van der Waals surface area contributed by atoms with Gasteiger partial charge in [0.1, 0.15) is 0 Å². The maximum Gasteiger partial charge on any atom is 0.362 e. The average molecular weight is 399 g/mol. The second-order valence-electron chi connectivity index (χ2n) is 7.24. The highest BCUT2D eigenvalue weighted by Crippen LogP contribution is 2.21. The van der Waals surface area contributed by atoms with E-state index in [9.17, 15) is 9.59 Å². The second-order valence-corrected chi connectivity index (χ2v) is 7.24. The SMILES string of the molecule is CCOC(=O)c1nn(-c2ccccc2)cc1OCC(=O)NC1CCCCCCC1. The van der Waals surface area contributed by atoms with Gasteiger partial charge in [0.25, 0.3) is 5.91 Å². The van der Waals surface area contributed by atoms with Gasteiger partial charge >= 0.3 is 5.97 Å². The summed E-state index contributed by atoms with van der Waals surface area (Å²) >= 11 is 0. The molecule has 1 aliphatic carbocycles. The number of para-hydroxylation sites is 1. The minimum absolute atomic E-state index is 0.0643. The third-order valence-corrected chi connectivity index (χ3v) is 5.00. The van der Waals surface area contributed by atoms with Crippen molar-refractivity contribution < 1.29 is 19.1 Å². The standard InChI is InChI=1S/C22H29N3O4/c1-2-28-22(27)21-19(15-25(24-21)18-13-9-6-10-14-18)29-16-20(26)23-17-11-7-4-3-5-8-12-17/h6,9-10,13-15,17H,2-5,7-8,11-12,16H2,1H3,(H,23,26). The van der Waals surface area contributed by atoms with Crippen molar-refractivity contribution in [2.45, 2.75) is 57.9 Å². The van der Waals surface area contributed by atoms with E-state index in [0.717, 1.165) is 31.4 Å². The molecule has 3 rings (SSSR count). The van der Waals surface area contributed by atoms with Crippen LogP contribution < -0.4 is 10.1 Å². The van der Waals surface area contributed by atoms with Crippen molar-refractivity contribution in [1.82, 2.24) is 15.1 Å². The molecule has 1 heterocycles. The van der Waals surface area contributed by atoms with Crippen LogP contribution in [0.25, 0.3) is 5.69 Å². The molecule has 1 aromatic heterocycles. The molecule has 0 aliphatic heterocycles. The van der Waals surface area contributed by atoms with Gasteiger partial charge < -0.3 is 14.8 Å². The summed E-state index contributed by atoms with van der Waals surface area (Å²) in [6, 6.07) is 9.59. The lowest BCUT2D eigenvalue weighted by Crippen LogP contribution is -2.38. The summed E-state index contributed by atoms with van der Waals surface area (Å²) in [4.78, 5) is 24.7. The number of carbonyl (C=O) groups is 2. The van der Waals surface area contributed by atoms with E-state index in [2.05, 4.69) is 10.4 Å². The summed E-state index contributed by atoms with van der Waals surface area (Å²) < 4.78 is 12.3. The second kappa shape index (κ2) is 10.6. The van der Waals surface area contributed by atoms with Gasteiger partial charge in [-0.15, -0.1) is 0 Å². The van der Waals surface area contributed by atoms with Crippen LogP contribution in [0.5, 0.6) is 5.75 Å². The van der Waals surface area contributed by atoms with Gasteiger partial charge in [0, 0.05) is 6.04 Å². The molecule has 1 N–H and O–H groups in total. The summed E-state index contributed by atoms with van der Waals surface area (Å²) in [6.07, 6.45) is 9.63. The normalized spacial score (nSPS) is 15.2. The summed E-state index contributed by atoms with van der Waals surface area (Å²) in [5.74, 6) is -0.518. The van der Waals surface area contributed by atoms with Gasteiger partial charge in [0.05, 0.1) is 18.5 Å². The predicted octanol–water partition coefficient (Wildman–Crippen LogP) is 3.66. The Morgan fingerprint density at radius 2 is 1.79 bits per heavy atom. The number of rotatable bonds is 7. The van der Waals surface area contributed by atoms with Crippen LogP contribution in [0.15, 0.2) is 36.5 Å². The van der Waals surface area contributed by atoms with Crippen LogP contribution >= 0.6 is 0 Å². The highest BCUT2D eigenvalue weighted by Gasteiger charge is 2.21. The van der Waals surface area contributed by atoms with Crippen molar-refractivity contribution in [3.8, 4) is 11.4 Å². The van der Waals surface area contributed by atoms with Gasteiger partial charge in [-0.05, 0) is 31.9 Å². The first-order chi connectivity index (χ1) is 14.2. The van der Waals surface area contributed by atoms with Gasteiger partial charge in [-0.2, -0.15) is 5.10 Å². The third kappa shape index (κ3) is 6.07. The van der Waals surface area contributed by atoms with Crippen LogP contribution in [0, 0.1) is 0 Å². The smallest absolute Gasteiger partial charge is 0.362 e. The van der Waals surface area contributed by atoms with E-state index in [0.29, 0.717) is 0 Å². The minimum atomic E-state index is -0.572. The molecule has 1 aromatic carbocycles. The quantitative estimate of drug-likeness (QED) is 0.719. The zero-order chi connectivity index (χ0) is 20.5. The molecular formula is C22H29N3O4. The highest BCUT2D eigenvalue weighted by atomic mass is 16.5. The number of esters is 1. The summed E-state index contributed by atoms with van der Waals surface area (Å²) in [6.45, 7) is 1.80. The molecule has 0 radical (unpaired) electrons. The van der Waals surface area contributed by atoms with Gasteiger partial charge in [0.2, 0.25) is 5.69 Å². The lowest BCUT2D eigenvalue weighted by molar-refractivity contribution is -0.124. The molecule has 1 fully saturated rings. The number of hydrogen-bond donors (Lipinski definition) is 1. The number of amides is 1. The number of aromatic nitrogens is 2. The number of ether oxygens (including phenoxy) is 2. The fourth-order valence-corrected chi connectivity index (χ4v) is 3.53. The molecule has 7 nitrogen and oxygen atoms in total. The van der Waals surface area contributed by atoms with Crippen molar-refractivity contribution in [3.63, 3.8) is 0 Å². The van der Waals surface area contributed by atoms with E-state index in [1.165, 1.54) is 19.3 Å². The lowest BCUT2D eigenvalue weighted by Gasteiger charge is -2.21. The first-order valence-corrected chi connectivity index (χ1v) is 10.4. The summed E-state index contributed by atoms with van der Waals surface area (Å²) in [7, 11) is 0. The van der Waals surface area contributed by atoms with Crippen LogP contribution in [-0.4, -0.2) is 40.9 Å². The maximum atomic E-state index is 12.4. The minimum Gasteiger partial charge on any atom is -0.480 e. The first kappa shape index (κ1) is 20.9. The molecule has 0 spiro atoms. The van der Waals surface area contributed by atoms with Crippen molar-refractivity contribution in [2.75, 3.05) is 13.2 Å². The molecule has 2 aromatic rings. The maximum absolute atomic E-state index is 12.4. The highest BCUT2D eigenvalue weighted by molar-refractivity contribution is 5.90. The van der Waals surface area contributed by atoms with Crippen LogP contribution in [-0.2, 0) is 9.53 Å². The largest absolute Gasteiger partial charge is 0.480 e. The molecule has 1 aliphatic rings. The monoisotopic (exact) mass is 399 g/mol. The van der Waals surface area contributed by atoms with Crippen LogP contribution in [0.3, 0.4) is 0 Å². The summed E-state index contributed by atoms with van der Waals surface area (Å²) in [5.41, 5.74) is 0.848. The first-order valence-electron chi connectivity index (χ1n) is 10.4. The number of carbonyl (C=O) groups excluding carboxylic acids is 2. The van der Waals surface area contributed by atoms with Crippen LogP contribution in [0.2, 0.25) is 0 Å². The van der Waals surface area contributed by atoms with Crippen LogP contribution in [0.1, 0.15) is 62.4 Å². The Hall–Kier alpha value is -2.83. The van der Waals surface area contributed by atoms with Crippen molar-refractivity contribution in [2.24, 2.45) is 0 Å². The molecule has 0 atom stereocenters. The Morgan fingerprint density at radius 3 is 2.48 bits per heavy atom. The molecule has 7 heteroatoms. The molecule has 1 saturated carbocycles. The molecule has 0 unspecified atom stereocenters. The van der Waals surface area contributed by atoms with Crippen molar-refractivity contribution in [1.29, 1.82) is 0 Å². The number of hydrogen-bond acceptors (Lipinski definition) is 5.